The molecule has 18 heavy (non-hydrogen) atoms. The average molecular weight is 247 g/mol. The van der Waals surface area contributed by atoms with Crippen molar-refractivity contribution in [1.29, 1.82) is 0 Å². The first kappa shape index (κ1) is 11.4. The third-order valence-electron chi connectivity index (χ3n) is 3.85. The molecule has 0 aromatic carbocycles. The Morgan fingerprint density at radius 3 is 2.50 bits per heavy atom. The summed E-state index contributed by atoms with van der Waals surface area (Å²) in [5.41, 5.74) is 0.762. The third kappa shape index (κ3) is 2.30. The van der Waals surface area contributed by atoms with Crippen LogP contribution in [0.15, 0.2) is 12.3 Å². The molecule has 1 N–H and O–H groups in total. The molecule has 0 aliphatic heterocycles. The highest BCUT2D eigenvalue weighted by Gasteiger charge is 2.41. The molecule has 0 amide bonds. The molecule has 0 saturated heterocycles. The summed E-state index contributed by atoms with van der Waals surface area (Å²) < 4.78 is 0. The molecule has 1 heterocycles. The molecule has 3 rings (SSSR count). The Morgan fingerprint density at radius 1 is 1.39 bits per heavy atom. The fourth-order valence-corrected chi connectivity index (χ4v) is 2.49. The summed E-state index contributed by atoms with van der Waals surface area (Å²) in [4.78, 5) is 14.8. The quantitative estimate of drug-likeness (QED) is 0.641. The number of anilines is 1. The van der Waals surface area contributed by atoms with Gasteiger partial charge in [0.25, 0.3) is 5.69 Å². The molecule has 5 nitrogen and oxygen atoms in total. The molecule has 0 unspecified atom stereocenters. The Balaban J connectivity index is 1.78. The number of nitro groups is 1. The summed E-state index contributed by atoms with van der Waals surface area (Å²) in [5.74, 6) is 2.15. The van der Waals surface area contributed by atoms with Gasteiger partial charge >= 0.3 is 0 Å². The highest BCUT2D eigenvalue weighted by Crippen LogP contribution is 2.45. The normalized spacial score (nSPS) is 19.0. The summed E-state index contributed by atoms with van der Waals surface area (Å²) in [6.07, 6.45) is 6.70. The number of hydrogen-bond acceptors (Lipinski definition) is 4. The number of rotatable bonds is 5. The first-order valence-corrected chi connectivity index (χ1v) is 6.52. The van der Waals surface area contributed by atoms with Gasteiger partial charge in [-0.05, 0) is 44.4 Å². The minimum atomic E-state index is -0.342. The molecule has 5 heteroatoms. The predicted molar refractivity (Wildman–Crippen MR) is 68.5 cm³/mol. The molecule has 0 atom stereocenters. The van der Waals surface area contributed by atoms with Gasteiger partial charge in [0.2, 0.25) is 0 Å². The summed E-state index contributed by atoms with van der Waals surface area (Å²) in [6, 6.07) is 2.03. The van der Waals surface area contributed by atoms with Crippen molar-refractivity contribution in [1.82, 2.24) is 4.98 Å². The maximum atomic E-state index is 10.9. The Labute approximate surface area is 106 Å². The van der Waals surface area contributed by atoms with Gasteiger partial charge < -0.3 is 5.32 Å². The Bertz CT molecular complexity index is 469. The van der Waals surface area contributed by atoms with Crippen LogP contribution in [0.4, 0.5) is 11.5 Å². The topological polar surface area (TPSA) is 68.1 Å². The van der Waals surface area contributed by atoms with Crippen LogP contribution in [0, 0.1) is 28.9 Å². The smallest absolute Gasteiger partial charge is 0.277 e. The molecular weight excluding hydrogens is 230 g/mol. The van der Waals surface area contributed by atoms with Crippen molar-refractivity contribution in [2.24, 2.45) is 11.8 Å². The van der Waals surface area contributed by atoms with E-state index in [2.05, 4.69) is 10.3 Å². The van der Waals surface area contributed by atoms with Gasteiger partial charge in [-0.2, -0.15) is 0 Å². The third-order valence-corrected chi connectivity index (χ3v) is 3.85. The minimum Gasteiger partial charge on any atom is -0.367 e. The Hall–Kier alpha value is -1.65. The lowest BCUT2D eigenvalue weighted by molar-refractivity contribution is -0.385. The monoisotopic (exact) mass is 247 g/mol. The van der Waals surface area contributed by atoms with Gasteiger partial charge in [0.05, 0.1) is 11.0 Å². The van der Waals surface area contributed by atoms with E-state index >= 15 is 0 Å². The molecule has 0 radical (unpaired) electrons. The van der Waals surface area contributed by atoms with Gasteiger partial charge in [0.1, 0.15) is 5.82 Å². The summed E-state index contributed by atoms with van der Waals surface area (Å²) in [5, 5.41) is 14.3. The number of aromatic nitrogens is 1. The van der Waals surface area contributed by atoms with E-state index in [-0.39, 0.29) is 10.6 Å². The highest BCUT2D eigenvalue weighted by molar-refractivity contribution is 5.49. The summed E-state index contributed by atoms with van der Waals surface area (Å²) in [7, 11) is 0. The SMILES string of the molecule is Cc1cnc(NC(C2CC2)C2CC2)cc1[N+](=O)[O-]. The van der Waals surface area contributed by atoms with E-state index in [1.165, 1.54) is 25.7 Å². The van der Waals surface area contributed by atoms with Crippen LogP contribution in [0.1, 0.15) is 31.2 Å². The Kier molecular flexibility index (Phi) is 2.69. The van der Waals surface area contributed by atoms with Gasteiger partial charge in [-0.1, -0.05) is 0 Å². The lowest BCUT2D eigenvalue weighted by atomic mass is 10.1. The molecular formula is C13H17N3O2. The highest BCUT2D eigenvalue weighted by atomic mass is 16.6. The molecule has 2 fully saturated rings. The molecule has 2 aliphatic carbocycles. The van der Waals surface area contributed by atoms with Crippen molar-refractivity contribution < 1.29 is 4.92 Å². The summed E-state index contributed by atoms with van der Waals surface area (Å²) in [6.45, 7) is 1.72. The van der Waals surface area contributed by atoms with E-state index < -0.39 is 0 Å². The van der Waals surface area contributed by atoms with Crippen molar-refractivity contribution >= 4 is 11.5 Å². The van der Waals surface area contributed by atoms with Crippen LogP contribution in [0.5, 0.6) is 0 Å². The number of pyridine rings is 1. The first-order valence-electron chi connectivity index (χ1n) is 6.52. The maximum absolute atomic E-state index is 10.9. The number of hydrogen-bond donors (Lipinski definition) is 1. The van der Waals surface area contributed by atoms with E-state index in [0.717, 1.165) is 11.8 Å². The van der Waals surface area contributed by atoms with Crippen LogP contribution in [0.25, 0.3) is 0 Å². The predicted octanol–water partition coefficient (Wildman–Crippen LogP) is 2.90. The van der Waals surface area contributed by atoms with Crippen molar-refractivity contribution in [3.05, 3.63) is 27.9 Å². The van der Waals surface area contributed by atoms with Crippen LogP contribution >= 0.6 is 0 Å². The lowest BCUT2D eigenvalue weighted by Gasteiger charge is -2.18. The second kappa shape index (κ2) is 4.23. The van der Waals surface area contributed by atoms with Crippen LogP contribution in [-0.4, -0.2) is 15.9 Å². The minimum absolute atomic E-state index is 0.151. The van der Waals surface area contributed by atoms with Crippen molar-refractivity contribution in [3.8, 4) is 0 Å². The summed E-state index contributed by atoms with van der Waals surface area (Å²) >= 11 is 0. The van der Waals surface area contributed by atoms with Crippen molar-refractivity contribution in [2.45, 2.75) is 38.6 Å². The van der Waals surface area contributed by atoms with Gasteiger partial charge in [-0.25, -0.2) is 4.98 Å². The van der Waals surface area contributed by atoms with Crippen LogP contribution in [0.2, 0.25) is 0 Å². The molecule has 0 spiro atoms. The van der Waals surface area contributed by atoms with Gasteiger partial charge in [0.15, 0.2) is 0 Å². The van der Waals surface area contributed by atoms with E-state index in [9.17, 15) is 10.1 Å². The number of aryl methyl sites for hydroxylation is 1. The van der Waals surface area contributed by atoms with E-state index in [4.69, 9.17) is 0 Å². The van der Waals surface area contributed by atoms with Crippen molar-refractivity contribution in [3.63, 3.8) is 0 Å². The van der Waals surface area contributed by atoms with Crippen LogP contribution in [-0.2, 0) is 0 Å². The van der Waals surface area contributed by atoms with Crippen molar-refractivity contribution in [2.75, 3.05) is 5.32 Å². The van der Waals surface area contributed by atoms with E-state index in [1.54, 1.807) is 19.2 Å². The molecule has 0 bridgehead atoms. The zero-order chi connectivity index (χ0) is 12.7. The zero-order valence-corrected chi connectivity index (χ0v) is 10.4. The number of nitrogens with zero attached hydrogens (tertiary/aromatic N) is 2. The second-order valence-electron chi connectivity index (χ2n) is 5.46. The van der Waals surface area contributed by atoms with Crippen LogP contribution in [0.3, 0.4) is 0 Å². The van der Waals surface area contributed by atoms with E-state index in [0.29, 0.717) is 17.4 Å². The Morgan fingerprint density at radius 2 is 2.00 bits per heavy atom. The van der Waals surface area contributed by atoms with E-state index in [1.807, 2.05) is 0 Å². The fourth-order valence-electron chi connectivity index (χ4n) is 2.49. The van der Waals surface area contributed by atoms with Crippen LogP contribution < -0.4 is 5.32 Å². The maximum Gasteiger partial charge on any atom is 0.277 e. The molecule has 1 aromatic heterocycles. The lowest BCUT2D eigenvalue weighted by Crippen LogP contribution is -2.24. The van der Waals surface area contributed by atoms with Gasteiger partial charge in [0, 0.05) is 17.8 Å². The zero-order valence-electron chi connectivity index (χ0n) is 10.4. The molecule has 1 aromatic rings. The second-order valence-corrected chi connectivity index (χ2v) is 5.46. The average Bonchev–Trinajstić information content (AvgIpc) is 3.20. The molecule has 2 saturated carbocycles. The number of nitrogens with one attached hydrogen (secondary N) is 1. The fraction of sp³-hybridized carbons (Fsp3) is 0.615. The van der Waals surface area contributed by atoms with Gasteiger partial charge in [-0.3, -0.25) is 10.1 Å². The molecule has 2 aliphatic rings. The first-order chi connectivity index (χ1) is 8.65. The molecule has 96 valence electrons. The largest absolute Gasteiger partial charge is 0.367 e. The standard InChI is InChI=1S/C13H17N3O2/c1-8-7-14-12(6-11(8)16(17)18)15-13(9-2-3-9)10-4-5-10/h6-7,9-10,13H,2-5H2,1H3,(H,14,15). The van der Waals surface area contributed by atoms with Gasteiger partial charge in [-0.15, -0.1) is 0 Å².